The molecule has 0 saturated heterocycles. The average Bonchev–Trinajstić information content (AvgIpc) is 2.48. The van der Waals surface area contributed by atoms with Gasteiger partial charge in [0.15, 0.2) is 5.82 Å². The number of halogens is 2. The summed E-state index contributed by atoms with van der Waals surface area (Å²) in [5.41, 5.74) is 1.18. The van der Waals surface area contributed by atoms with Gasteiger partial charge in [-0.1, -0.05) is 11.6 Å². The summed E-state index contributed by atoms with van der Waals surface area (Å²) in [7, 11) is 0. The van der Waals surface area contributed by atoms with Crippen LogP contribution >= 0.6 is 46.0 Å². The molecule has 3 nitrogen and oxygen atoms in total. The third-order valence-corrected chi connectivity index (χ3v) is 3.86. The molecule has 0 amide bonds. The van der Waals surface area contributed by atoms with Crippen LogP contribution in [0.4, 0.5) is 11.5 Å². The molecule has 1 aliphatic heterocycles. The van der Waals surface area contributed by atoms with Crippen molar-refractivity contribution in [1.29, 1.82) is 0 Å². The second kappa shape index (κ2) is 3.70. The van der Waals surface area contributed by atoms with Crippen molar-refractivity contribution in [3.8, 4) is 0 Å². The molecule has 70 valence electrons. The van der Waals surface area contributed by atoms with E-state index in [1.165, 1.54) is 0 Å². The van der Waals surface area contributed by atoms with Crippen molar-refractivity contribution in [2.75, 3.05) is 16.9 Å². The monoisotopic (exact) mass is 327 g/mol. The molecular weight excluding hydrogens is 321 g/mol. The topological polar surface area (TPSA) is 37.0 Å². The summed E-state index contributed by atoms with van der Waals surface area (Å²) < 4.78 is 0.828. The van der Waals surface area contributed by atoms with Gasteiger partial charge in [-0.15, -0.1) is 11.8 Å². The van der Waals surface area contributed by atoms with Gasteiger partial charge >= 0.3 is 0 Å². The summed E-state index contributed by atoms with van der Waals surface area (Å²) in [5.74, 6) is 0.883. The van der Waals surface area contributed by atoms with Gasteiger partial charge in [0.1, 0.15) is 9.20 Å². The average molecular weight is 328 g/mol. The largest absolute Gasteiger partial charge is 0.354 e. The fourth-order valence-electron chi connectivity index (χ4n) is 1.11. The molecule has 0 aliphatic carbocycles. The molecule has 1 aromatic rings. The molecule has 0 saturated carbocycles. The normalized spacial score (nSPS) is 19.2. The summed E-state index contributed by atoms with van der Waals surface area (Å²) in [5, 5.41) is 7.17. The highest BCUT2D eigenvalue weighted by molar-refractivity contribution is 14.1. The van der Waals surface area contributed by atoms with Gasteiger partial charge < -0.3 is 10.6 Å². The maximum absolute atomic E-state index is 5.94. The van der Waals surface area contributed by atoms with Crippen molar-refractivity contribution in [3.63, 3.8) is 0 Å². The third kappa shape index (κ3) is 1.82. The number of nitrogens with zero attached hydrogens (tertiary/aromatic N) is 1. The second-order valence-corrected chi connectivity index (χ2v) is 4.93. The Morgan fingerprint density at radius 3 is 3.08 bits per heavy atom. The van der Waals surface area contributed by atoms with Gasteiger partial charge in [-0.3, -0.25) is 0 Å². The van der Waals surface area contributed by atoms with Crippen molar-refractivity contribution >= 4 is 57.5 Å². The highest BCUT2D eigenvalue weighted by Gasteiger charge is 2.20. The van der Waals surface area contributed by atoms with Gasteiger partial charge in [-0.25, -0.2) is 4.98 Å². The van der Waals surface area contributed by atoms with Gasteiger partial charge in [0.05, 0.1) is 10.7 Å². The van der Waals surface area contributed by atoms with Gasteiger partial charge in [0.25, 0.3) is 0 Å². The number of hydrogen-bond acceptors (Lipinski definition) is 4. The number of aromatic nitrogens is 1. The van der Waals surface area contributed by atoms with Crippen LogP contribution in [0.5, 0.6) is 0 Å². The molecule has 6 heteroatoms. The number of fused-ring (bicyclic) bond motifs is 1. The molecule has 0 spiro atoms. The smallest absolute Gasteiger partial charge is 0.153 e. The standard InChI is InChI=1S/C7H7ClIN3S/c1-13-7-10-4-2-3(8)5(9)11-6(4)12-7/h2,7,10H,1H3,(H,11,12)/t7-/m0/s1. The van der Waals surface area contributed by atoms with Crippen LogP contribution < -0.4 is 10.6 Å². The zero-order valence-electron chi connectivity index (χ0n) is 6.77. The molecule has 2 rings (SSSR count). The van der Waals surface area contributed by atoms with Crippen molar-refractivity contribution in [2.45, 2.75) is 5.50 Å². The Hall–Kier alpha value is 0.120. The first kappa shape index (κ1) is 9.67. The van der Waals surface area contributed by atoms with Crippen LogP contribution in [0.2, 0.25) is 5.02 Å². The molecule has 0 bridgehead atoms. The molecule has 0 aromatic carbocycles. The Kier molecular flexibility index (Phi) is 2.75. The van der Waals surface area contributed by atoms with Crippen molar-refractivity contribution in [1.82, 2.24) is 4.98 Å². The van der Waals surface area contributed by atoms with Gasteiger partial charge in [-0.05, 0) is 34.9 Å². The molecule has 1 atom stereocenters. The third-order valence-electron chi connectivity index (χ3n) is 1.72. The van der Waals surface area contributed by atoms with Crippen LogP contribution in [0.3, 0.4) is 0 Å². The van der Waals surface area contributed by atoms with E-state index in [2.05, 4.69) is 38.2 Å². The summed E-state index contributed by atoms with van der Waals surface area (Å²) in [6.45, 7) is 0. The quantitative estimate of drug-likeness (QED) is 0.614. The van der Waals surface area contributed by atoms with Crippen molar-refractivity contribution in [2.24, 2.45) is 0 Å². The molecule has 0 unspecified atom stereocenters. The Balaban J connectivity index is 2.36. The van der Waals surface area contributed by atoms with Gasteiger partial charge in [-0.2, -0.15) is 0 Å². The number of nitrogens with one attached hydrogen (secondary N) is 2. The molecule has 13 heavy (non-hydrogen) atoms. The Morgan fingerprint density at radius 1 is 1.62 bits per heavy atom. The summed E-state index contributed by atoms with van der Waals surface area (Å²) in [4.78, 5) is 4.32. The van der Waals surface area contributed by atoms with Crippen LogP contribution in [-0.4, -0.2) is 16.7 Å². The summed E-state index contributed by atoms with van der Waals surface area (Å²) in [6.07, 6.45) is 2.03. The Bertz CT molecular complexity index is 316. The molecular formula is C7H7ClIN3S. The first-order valence-corrected chi connectivity index (χ1v) is 6.37. The molecule has 0 radical (unpaired) electrons. The second-order valence-electron chi connectivity index (χ2n) is 2.56. The van der Waals surface area contributed by atoms with E-state index < -0.39 is 0 Å². The van der Waals surface area contributed by atoms with E-state index in [1.807, 2.05) is 12.3 Å². The minimum Gasteiger partial charge on any atom is -0.354 e. The van der Waals surface area contributed by atoms with Crippen LogP contribution in [-0.2, 0) is 0 Å². The summed E-state index contributed by atoms with van der Waals surface area (Å²) >= 11 is 9.75. The number of rotatable bonds is 1. The zero-order valence-corrected chi connectivity index (χ0v) is 10.5. The lowest BCUT2D eigenvalue weighted by atomic mass is 10.4. The van der Waals surface area contributed by atoms with Crippen LogP contribution in [0.1, 0.15) is 0 Å². The summed E-state index contributed by atoms with van der Waals surface area (Å²) in [6, 6.07) is 1.90. The van der Waals surface area contributed by atoms with E-state index in [0.29, 0.717) is 5.02 Å². The lowest BCUT2D eigenvalue weighted by molar-refractivity contribution is 1.19. The molecule has 1 aliphatic rings. The fraction of sp³-hybridized carbons (Fsp3) is 0.286. The molecule has 0 fully saturated rings. The van der Waals surface area contributed by atoms with Gasteiger partial charge in [0, 0.05) is 0 Å². The van der Waals surface area contributed by atoms with Crippen LogP contribution in [0, 0.1) is 3.70 Å². The van der Waals surface area contributed by atoms with E-state index in [1.54, 1.807) is 11.8 Å². The van der Waals surface area contributed by atoms with E-state index in [9.17, 15) is 0 Å². The SMILES string of the molecule is CS[C@H]1Nc2cc(Cl)c(I)nc2N1. The van der Waals surface area contributed by atoms with Crippen molar-refractivity contribution in [3.05, 3.63) is 14.8 Å². The predicted molar refractivity (Wildman–Crippen MR) is 66.5 cm³/mol. The maximum Gasteiger partial charge on any atom is 0.153 e. The zero-order chi connectivity index (χ0) is 9.42. The highest BCUT2D eigenvalue weighted by Crippen LogP contribution is 2.33. The molecule has 2 heterocycles. The van der Waals surface area contributed by atoms with Crippen molar-refractivity contribution < 1.29 is 0 Å². The highest BCUT2D eigenvalue weighted by atomic mass is 127. The minimum atomic E-state index is 0.205. The number of thioether (sulfide) groups is 1. The fourth-order valence-corrected chi connectivity index (χ4v) is 2.13. The van der Waals surface area contributed by atoms with Crippen LogP contribution in [0.15, 0.2) is 6.07 Å². The van der Waals surface area contributed by atoms with E-state index in [4.69, 9.17) is 11.6 Å². The van der Waals surface area contributed by atoms with E-state index >= 15 is 0 Å². The maximum atomic E-state index is 5.94. The van der Waals surface area contributed by atoms with Crippen LogP contribution in [0.25, 0.3) is 0 Å². The molecule has 1 aromatic heterocycles. The van der Waals surface area contributed by atoms with E-state index in [-0.39, 0.29) is 5.50 Å². The Labute approximate surface area is 99.2 Å². The minimum absolute atomic E-state index is 0.205. The molecule has 2 N–H and O–H groups in total. The number of pyridine rings is 1. The number of hydrogen-bond donors (Lipinski definition) is 2. The van der Waals surface area contributed by atoms with Gasteiger partial charge in [0.2, 0.25) is 0 Å². The first-order valence-electron chi connectivity index (χ1n) is 3.62. The number of anilines is 2. The van der Waals surface area contributed by atoms with E-state index in [0.717, 1.165) is 15.2 Å². The first-order chi connectivity index (χ1) is 6.20. The predicted octanol–water partition coefficient (Wildman–Crippen LogP) is 2.82. The Morgan fingerprint density at radius 2 is 2.38 bits per heavy atom. The lowest BCUT2D eigenvalue weighted by Crippen LogP contribution is -2.16. The lowest BCUT2D eigenvalue weighted by Gasteiger charge is -2.06.